The first-order chi connectivity index (χ1) is 16.9. The SMILES string of the molecule is Cc1nn(Cc2cccc(OC(F)(F)F)c2)c(C)c1-c1c(C(N)=O)nc2cc(F)ccc2c1C(N)=O. The summed E-state index contributed by atoms with van der Waals surface area (Å²) in [5.74, 6) is -2.89. The van der Waals surface area contributed by atoms with E-state index in [1.54, 1.807) is 19.9 Å². The van der Waals surface area contributed by atoms with E-state index >= 15 is 0 Å². The number of carbonyl (C=O) groups is 2. The first-order valence-corrected chi connectivity index (χ1v) is 10.5. The molecule has 0 fully saturated rings. The second kappa shape index (κ2) is 8.95. The number of primary amides is 2. The Hall–Kier alpha value is -4.48. The van der Waals surface area contributed by atoms with Gasteiger partial charge in [-0.3, -0.25) is 14.3 Å². The number of nitrogens with two attached hydrogens (primary N) is 2. The molecule has 2 aromatic carbocycles. The van der Waals surface area contributed by atoms with Crippen molar-refractivity contribution in [3.63, 3.8) is 0 Å². The summed E-state index contributed by atoms with van der Waals surface area (Å²) in [4.78, 5) is 29.1. The first-order valence-electron chi connectivity index (χ1n) is 10.5. The number of rotatable bonds is 6. The molecule has 0 radical (unpaired) electrons. The van der Waals surface area contributed by atoms with E-state index in [2.05, 4.69) is 14.8 Å². The Bertz CT molecular complexity index is 1530. The van der Waals surface area contributed by atoms with E-state index in [0.717, 1.165) is 12.1 Å². The zero-order chi connectivity index (χ0) is 26.4. The molecule has 0 aliphatic carbocycles. The lowest BCUT2D eigenvalue weighted by Crippen LogP contribution is -2.21. The van der Waals surface area contributed by atoms with Gasteiger partial charge in [0.25, 0.3) is 5.91 Å². The Kier molecular flexibility index (Phi) is 6.12. The van der Waals surface area contributed by atoms with E-state index in [0.29, 0.717) is 22.5 Å². The highest BCUT2D eigenvalue weighted by Crippen LogP contribution is 2.36. The van der Waals surface area contributed by atoms with E-state index in [9.17, 15) is 27.2 Å². The van der Waals surface area contributed by atoms with E-state index in [1.807, 2.05) is 0 Å². The van der Waals surface area contributed by atoms with Gasteiger partial charge >= 0.3 is 6.36 Å². The molecule has 36 heavy (non-hydrogen) atoms. The number of pyridine rings is 1. The van der Waals surface area contributed by atoms with Crippen LogP contribution in [0.3, 0.4) is 0 Å². The highest BCUT2D eigenvalue weighted by atomic mass is 19.4. The second-order valence-corrected chi connectivity index (χ2v) is 8.00. The van der Waals surface area contributed by atoms with Crippen LogP contribution in [0.2, 0.25) is 0 Å². The van der Waals surface area contributed by atoms with Crippen molar-refractivity contribution in [2.75, 3.05) is 0 Å². The van der Waals surface area contributed by atoms with Gasteiger partial charge in [0, 0.05) is 28.3 Å². The van der Waals surface area contributed by atoms with E-state index in [4.69, 9.17) is 11.5 Å². The molecule has 4 aromatic rings. The first kappa shape index (κ1) is 24.6. The van der Waals surface area contributed by atoms with Crippen molar-refractivity contribution in [1.82, 2.24) is 14.8 Å². The predicted octanol–water partition coefficient (Wildman–Crippen LogP) is 4.00. The van der Waals surface area contributed by atoms with Gasteiger partial charge in [0.2, 0.25) is 5.91 Å². The average molecular weight is 501 g/mol. The molecule has 0 spiro atoms. The summed E-state index contributed by atoms with van der Waals surface area (Å²) >= 11 is 0. The number of aryl methyl sites for hydroxylation is 1. The van der Waals surface area contributed by atoms with Crippen LogP contribution in [0.15, 0.2) is 42.5 Å². The van der Waals surface area contributed by atoms with Gasteiger partial charge in [-0.1, -0.05) is 12.1 Å². The minimum atomic E-state index is -4.84. The summed E-state index contributed by atoms with van der Waals surface area (Å²) in [7, 11) is 0. The van der Waals surface area contributed by atoms with Gasteiger partial charge in [-0.15, -0.1) is 13.2 Å². The van der Waals surface area contributed by atoms with Gasteiger partial charge in [0.15, 0.2) is 0 Å². The molecule has 2 heterocycles. The zero-order valence-corrected chi connectivity index (χ0v) is 19.0. The van der Waals surface area contributed by atoms with Crippen molar-refractivity contribution in [3.8, 4) is 16.9 Å². The molecule has 12 heteroatoms. The van der Waals surface area contributed by atoms with Crippen LogP contribution < -0.4 is 16.2 Å². The number of alkyl halides is 3. The predicted molar refractivity (Wildman–Crippen MR) is 122 cm³/mol. The molecule has 0 atom stereocenters. The lowest BCUT2D eigenvalue weighted by atomic mass is 9.92. The van der Waals surface area contributed by atoms with Crippen molar-refractivity contribution in [1.29, 1.82) is 0 Å². The summed E-state index contributed by atoms with van der Waals surface area (Å²) in [5, 5.41) is 4.66. The minimum absolute atomic E-state index is 0.0190. The maximum absolute atomic E-state index is 13.8. The maximum atomic E-state index is 13.8. The Balaban J connectivity index is 1.89. The molecule has 0 unspecified atom stereocenters. The minimum Gasteiger partial charge on any atom is -0.406 e. The standard InChI is InChI=1S/C24H19F4N5O3/c1-11-18(12(2)33(32-11)10-13-4-3-5-15(8-13)36-24(26,27)28)20-19(22(29)34)16-7-6-14(25)9-17(16)31-21(20)23(30)35/h3-9H,10H2,1-2H3,(H2,29,34)(H2,30,35). The number of carbonyl (C=O) groups excluding carboxylic acids is 2. The van der Waals surface area contributed by atoms with E-state index < -0.39 is 24.0 Å². The van der Waals surface area contributed by atoms with Gasteiger partial charge in [0.1, 0.15) is 17.3 Å². The number of hydrogen-bond acceptors (Lipinski definition) is 5. The third kappa shape index (κ3) is 4.69. The molecule has 4 N–H and O–H groups in total. The quantitative estimate of drug-likeness (QED) is 0.386. The Morgan fingerprint density at radius 3 is 2.39 bits per heavy atom. The summed E-state index contributed by atoms with van der Waals surface area (Å²) in [6.45, 7) is 3.31. The highest BCUT2D eigenvalue weighted by molar-refractivity contribution is 6.15. The lowest BCUT2D eigenvalue weighted by molar-refractivity contribution is -0.274. The number of aromatic nitrogens is 3. The van der Waals surface area contributed by atoms with Gasteiger partial charge in [-0.2, -0.15) is 5.10 Å². The normalized spacial score (nSPS) is 11.6. The fourth-order valence-corrected chi connectivity index (χ4v) is 4.14. The molecule has 2 aromatic heterocycles. The van der Waals surface area contributed by atoms with Gasteiger partial charge < -0.3 is 16.2 Å². The molecular formula is C24H19F4N5O3. The number of hydrogen-bond donors (Lipinski definition) is 2. The molecule has 0 saturated carbocycles. The molecule has 8 nitrogen and oxygen atoms in total. The Morgan fingerprint density at radius 2 is 1.75 bits per heavy atom. The molecule has 0 saturated heterocycles. The van der Waals surface area contributed by atoms with Crippen LogP contribution in [-0.2, 0) is 6.54 Å². The molecule has 0 aliphatic rings. The van der Waals surface area contributed by atoms with Crippen LogP contribution >= 0.6 is 0 Å². The van der Waals surface area contributed by atoms with E-state index in [1.165, 1.54) is 28.9 Å². The highest BCUT2D eigenvalue weighted by Gasteiger charge is 2.31. The van der Waals surface area contributed by atoms with Crippen LogP contribution in [0.1, 0.15) is 37.8 Å². The van der Waals surface area contributed by atoms with Crippen molar-refractivity contribution in [3.05, 3.63) is 76.5 Å². The molecular weight excluding hydrogens is 482 g/mol. The fraction of sp³-hybridized carbons (Fsp3) is 0.167. The van der Waals surface area contributed by atoms with Gasteiger partial charge in [-0.05, 0) is 43.7 Å². The summed E-state index contributed by atoms with van der Waals surface area (Å²) < 4.78 is 57.1. The molecule has 186 valence electrons. The number of ether oxygens (including phenoxy) is 1. The number of halogens is 4. The number of fused-ring (bicyclic) bond motifs is 1. The van der Waals surface area contributed by atoms with E-state index in [-0.39, 0.29) is 40.0 Å². The van der Waals surface area contributed by atoms with Crippen molar-refractivity contribution in [2.45, 2.75) is 26.8 Å². The third-order valence-electron chi connectivity index (χ3n) is 5.52. The van der Waals surface area contributed by atoms with Crippen LogP contribution in [0.5, 0.6) is 5.75 Å². The largest absolute Gasteiger partial charge is 0.573 e. The fourth-order valence-electron chi connectivity index (χ4n) is 4.14. The topological polar surface area (TPSA) is 126 Å². The molecule has 0 bridgehead atoms. The summed E-state index contributed by atoms with van der Waals surface area (Å²) in [6, 6.07) is 8.90. The number of benzene rings is 2. The third-order valence-corrected chi connectivity index (χ3v) is 5.52. The lowest BCUT2D eigenvalue weighted by Gasteiger charge is -2.15. The zero-order valence-electron chi connectivity index (χ0n) is 19.0. The van der Waals surface area contributed by atoms with Crippen molar-refractivity contribution < 1.29 is 31.9 Å². The van der Waals surface area contributed by atoms with Crippen LogP contribution in [0.4, 0.5) is 17.6 Å². The molecule has 2 amide bonds. The van der Waals surface area contributed by atoms with Crippen molar-refractivity contribution in [2.24, 2.45) is 11.5 Å². The average Bonchev–Trinajstić information content (AvgIpc) is 3.03. The maximum Gasteiger partial charge on any atom is 0.573 e. The van der Waals surface area contributed by atoms with Crippen LogP contribution in [-0.4, -0.2) is 32.9 Å². The van der Waals surface area contributed by atoms with Crippen LogP contribution in [0, 0.1) is 19.7 Å². The van der Waals surface area contributed by atoms with Crippen molar-refractivity contribution >= 4 is 22.7 Å². The van der Waals surface area contributed by atoms with Gasteiger partial charge in [-0.25, -0.2) is 9.37 Å². The Morgan fingerprint density at radius 1 is 1.03 bits per heavy atom. The molecule has 4 rings (SSSR count). The summed E-state index contributed by atoms with van der Waals surface area (Å²) in [5.41, 5.74) is 12.6. The number of amides is 2. The second-order valence-electron chi connectivity index (χ2n) is 8.00. The monoisotopic (exact) mass is 501 g/mol. The number of nitrogens with zero attached hydrogens (tertiary/aromatic N) is 3. The summed E-state index contributed by atoms with van der Waals surface area (Å²) in [6.07, 6.45) is -4.84. The smallest absolute Gasteiger partial charge is 0.406 e. The van der Waals surface area contributed by atoms with Gasteiger partial charge in [0.05, 0.1) is 23.3 Å². The Labute approximate surface area is 201 Å². The molecule has 0 aliphatic heterocycles. The van der Waals surface area contributed by atoms with Crippen LogP contribution in [0.25, 0.3) is 22.0 Å².